The number of hydrogen-bond acceptors (Lipinski definition) is 3. The molecule has 1 aromatic heterocycles. The molecule has 0 amide bonds. The molecule has 0 spiro atoms. The van der Waals surface area contributed by atoms with E-state index in [2.05, 4.69) is 9.97 Å². The number of benzene rings is 1. The van der Waals surface area contributed by atoms with Gasteiger partial charge >= 0.3 is 0 Å². The topological polar surface area (TPSA) is 71.8 Å². The van der Waals surface area contributed by atoms with Crippen molar-refractivity contribution in [3.05, 3.63) is 51.7 Å². The molecule has 2 rings (SSSR count). The van der Waals surface area contributed by atoms with Crippen LogP contribution in [0.4, 0.5) is 4.39 Å². The van der Waals surface area contributed by atoms with Gasteiger partial charge in [0.05, 0.1) is 5.69 Å². The zero-order valence-corrected chi connectivity index (χ0v) is 9.33. The second kappa shape index (κ2) is 4.47. The third-order valence-corrected chi connectivity index (χ3v) is 2.32. The summed E-state index contributed by atoms with van der Waals surface area (Å²) in [6.45, 7) is 1.95. The molecular formula is C12H12FN3O. The Kier molecular flexibility index (Phi) is 3.01. The summed E-state index contributed by atoms with van der Waals surface area (Å²) in [6.07, 6.45) is 0. The number of nitrogens with two attached hydrogens (primary N) is 1. The largest absolute Gasteiger partial charge is 0.325 e. The molecule has 2 aromatic rings. The summed E-state index contributed by atoms with van der Waals surface area (Å²) in [5.41, 5.74) is 6.92. The van der Waals surface area contributed by atoms with Gasteiger partial charge in [0.1, 0.15) is 11.6 Å². The average Bonchev–Trinajstić information content (AvgIpc) is 2.26. The van der Waals surface area contributed by atoms with Crippen LogP contribution < -0.4 is 11.3 Å². The lowest BCUT2D eigenvalue weighted by atomic mass is 10.1. The molecule has 17 heavy (non-hydrogen) atoms. The Morgan fingerprint density at radius 3 is 2.76 bits per heavy atom. The quantitative estimate of drug-likeness (QED) is 0.822. The summed E-state index contributed by atoms with van der Waals surface area (Å²) in [6, 6.07) is 5.82. The normalized spacial score (nSPS) is 10.5. The highest BCUT2D eigenvalue weighted by Gasteiger charge is 2.05. The van der Waals surface area contributed by atoms with Crippen molar-refractivity contribution < 1.29 is 4.39 Å². The molecule has 0 saturated carbocycles. The van der Waals surface area contributed by atoms with Crippen LogP contribution in [0.2, 0.25) is 0 Å². The molecule has 1 aromatic carbocycles. The third-order valence-electron chi connectivity index (χ3n) is 2.32. The van der Waals surface area contributed by atoms with Gasteiger partial charge in [-0.25, -0.2) is 9.37 Å². The molecule has 0 fully saturated rings. The monoisotopic (exact) mass is 233 g/mol. The molecule has 0 aliphatic heterocycles. The van der Waals surface area contributed by atoms with E-state index in [9.17, 15) is 9.18 Å². The van der Waals surface area contributed by atoms with Crippen molar-refractivity contribution in [2.24, 2.45) is 5.73 Å². The van der Waals surface area contributed by atoms with Gasteiger partial charge in [0, 0.05) is 18.2 Å². The molecular weight excluding hydrogens is 221 g/mol. The van der Waals surface area contributed by atoms with Crippen molar-refractivity contribution in [3.63, 3.8) is 0 Å². The lowest BCUT2D eigenvalue weighted by Gasteiger charge is -2.04. The summed E-state index contributed by atoms with van der Waals surface area (Å²) in [7, 11) is 0. The van der Waals surface area contributed by atoms with Crippen LogP contribution in [0.25, 0.3) is 11.4 Å². The van der Waals surface area contributed by atoms with Crippen molar-refractivity contribution in [2.45, 2.75) is 13.5 Å². The fourth-order valence-electron chi connectivity index (χ4n) is 1.62. The highest BCUT2D eigenvalue weighted by molar-refractivity contribution is 5.56. The molecule has 0 bridgehead atoms. The highest BCUT2D eigenvalue weighted by atomic mass is 19.1. The second-order valence-electron chi connectivity index (χ2n) is 3.81. The molecule has 0 aliphatic carbocycles. The van der Waals surface area contributed by atoms with E-state index in [1.54, 1.807) is 13.0 Å². The fourth-order valence-corrected chi connectivity index (χ4v) is 1.62. The first-order chi connectivity index (χ1) is 8.08. The molecule has 3 N–H and O–H groups in total. The molecule has 0 saturated heterocycles. The Morgan fingerprint density at radius 1 is 1.35 bits per heavy atom. The van der Waals surface area contributed by atoms with Crippen LogP contribution in [-0.2, 0) is 6.54 Å². The van der Waals surface area contributed by atoms with Gasteiger partial charge in [-0.15, -0.1) is 0 Å². The van der Waals surface area contributed by atoms with E-state index in [4.69, 9.17) is 5.73 Å². The Morgan fingerprint density at radius 2 is 2.12 bits per heavy atom. The van der Waals surface area contributed by atoms with Gasteiger partial charge in [0.15, 0.2) is 0 Å². The van der Waals surface area contributed by atoms with Gasteiger partial charge in [-0.3, -0.25) is 4.79 Å². The minimum absolute atomic E-state index is 0.172. The van der Waals surface area contributed by atoms with Gasteiger partial charge < -0.3 is 10.7 Å². The SMILES string of the molecule is Cc1cc(F)cc(-c2nc(CN)cc(=O)[nH]2)c1. The Labute approximate surface area is 97.3 Å². The first-order valence-electron chi connectivity index (χ1n) is 5.16. The first kappa shape index (κ1) is 11.5. The maximum absolute atomic E-state index is 13.3. The summed E-state index contributed by atoms with van der Waals surface area (Å²) >= 11 is 0. The Balaban J connectivity index is 2.59. The molecule has 5 heteroatoms. The van der Waals surface area contributed by atoms with Crippen molar-refractivity contribution in [3.8, 4) is 11.4 Å². The zero-order valence-electron chi connectivity index (χ0n) is 9.33. The van der Waals surface area contributed by atoms with Crippen LogP contribution in [0, 0.1) is 12.7 Å². The van der Waals surface area contributed by atoms with Gasteiger partial charge in [-0.2, -0.15) is 0 Å². The summed E-state index contributed by atoms with van der Waals surface area (Å²) < 4.78 is 13.3. The number of halogens is 1. The minimum Gasteiger partial charge on any atom is -0.325 e. The predicted octanol–water partition coefficient (Wildman–Crippen LogP) is 1.34. The van der Waals surface area contributed by atoms with E-state index in [1.807, 2.05) is 0 Å². The lowest BCUT2D eigenvalue weighted by molar-refractivity contribution is 0.627. The van der Waals surface area contributed by atoms with Crippen molar-refractivity contribution in [1.82, 2.24) is 9.97 Å². The molecule has 0 atom stereocenters. The molecule has 0 unspecified atom stereocenters. The molecule has 4 nitrogen and oxygen atoms in total. The number of aryl methyl sites for hydroxylation is 1. The first-order valence-corrected chi connectivity index (χ1v) is 5.16. The van der Waals surface area contributed by atoms with E-state index in [0.29, 0.717) is 17.1 Å². The van der Waals surface area contributed by atoms with Gasteiger partial charge in [-0.1, -0.05) is 0 Å². The van der Waals surface area contributed by atoms with Crippen LogP contribution >= 0.6 is 0 Å². The van der Waals surface area contributed by atoms with E-state index in [-0.39, 0.29) is 17.9 Å². The van der Waals surface area contributed by atoms with E-state index < -0.39 is 0 Å². The van der Waals surface area contributed by atoms with Crippen LogP contribution in [0.3, 0.4) is 0 Å². The zero-order chi connectivity index (χ0) is 12.4. The standard InChI is InChI=1S/C12H12FN3O/c1-7-2-8(4-9(13)3-7)12-15-10(6-14)5-11(17)16-12/h2-5H,6,14H2,1H3,(H,15,16,17). The molecule has 88 valence electrons. The van der Waals surface area contributed by atoms with Gasteiger partial charge in [0.2, 0.25) is 0 Å². The van der Waals surface area contributed by atoms with Crippen LogP contribution in [0.5, 0.6) is 0 Å². The number of aromatic amines is 1. The second-order valence-corrected chi connectivity index (χ2v) is 3.81. The number of rotatable bonds is 2. The third kappa shape index (κ3) is 2.57. The number of hydrogen-bond donors (Lipinski definition) is 2. The molecule has 0 aliphatic rings. The Hall–Kier alpha value is -2.01. The van der Waals surface area contributed by atoms with Crippen molar-refractivity contribution >= 4 is 0 Å². The van der Waals surface area contributed by atoms with Crippen LogP contribution in [0.1, 0.15) is 11.3 Å². The highest BCUT2D eigenvalue weighted by Crippen LogP contribution is 2.17. The van der Waals surface area contributed by atoms with Crippen molar-refractivity contribution in [1.29, 1.82) is 0 Å². The van der Waals surface area contributed by atoms with E-state index in [0.717, 1.165) is 5.56 Å². The Bertz CT molecular complexity index is 587. The van der Waals surface area contributed by atoms with E-state index >= 15 is 0 Å². The summed E-state index contributed by atoms with van der Waals surface area (Å²) in [5.74, 6) is -0.0265. The van der Waals surface area contributed by atoms with Crippen LogP contribution in [-0.4, -0.2) is 9.97 Å². The summed E-state index contributed by atoms with van der Waals surface area (Å²) in [5, 5.41) is 0. The average molecular weight is 233 g/mol. The summed E-state index contributed by atoms with van der Waals surface area (Å²) in [4.78, 5) is 18.1. The smallest absolute Gasteiger partial charge is 0.251 e. The molecule has 0 radical (unpaired) electrons. The predicted molar refractivity (Wildman–Crippen MR) is 62.9 cm³/mol. The minimum atomic E-state index is -0.360. The van der Waals surface area contributed by atoms with Crippen LogP contribution in [0.15, 0.2) is 29.1 Å². The van der Waals surface area contributed by atoms with Gasteiger partial charge in [-0.05, 0) is 30.7 Å². The lowest BCUT2D eigenvalue weighted by Crippen LogP contribution is -2.12. The number of nitrogens with one attached hydrogen (secondary N) is 1. The fraction of sp³-hybridized carbons (Fsp3) is 0.167. The molecule has 1 heterocycles. The van der Waals surface area contributed by atoms with Gasteiger partial charge in [0.25, 0.3) is 5.56 Å². The van der Waals surface area contributed by atoms with Crippen molar-refractivity contribution in [2.75, 3.05) is 0 Å². The number of aromatic nitrogens is 2. The van der Waals surface area contributed by atoms with E-state index in [1.165, 1.54) is 18.2 Å². The number of nitrogens with zero attached hydrogens (tertiary/aromatic N) is 1. The number of H-pyrrole nitrogens is 1. The maximum Gasteiger partial charge on any atom is 0.251 e. The maximum atomic E-state index is 13.3.